The molecular formula is C16H28N2O4. The highest BCUT2D eigenvalue weighted by atomic mass is 16.5. The first-order valence-corrected chi connectivity index (χ1v) is 7.73. The van der Waals surface area contributed by atoms with Crippen molar-refractivity contribution < 1.29 is 23.2 Å². The zero-order chi connectivity index (χ0) is 19.2. The molecule has 126 valence electrons. The molecule has 0 fully saturated rings. The summed E-state index contributed by atoms with van der Waals surface area (Å²) in [5.41, 5.74) is 6.50. The molecule has 0 aromatic carbocycles. The van der Waals surface area contributed by atoms with E-state index in [0.29, 0.717) is 5.57 Å². The van der Waals surface area contributed by atoms with Crippen LogP contribution in [-0.2, 0) is 19.1 Å². The summed E-state index contributed by atoms with van der Waals surface area (Å²) >= 11 is 0. The van der Waals surface area contributed by atoms with E-state index in [1.165, 1.54) is 0 Å². The molecule has 1 rings (SSSR count). The van der Waals surface area contributed by atoms with Crippen LogP contribution >= 0.6 is 0 Å². The van der Waals surface area contributed by atoms with E-state index in [-0.39, 0.29) is 19.1 Å². The van der Waals surface area contributed by atoms with Gasteiger partial charge in [-0.1, -0.05) is 13.8 Å². The van der Waals surface area contributed by atoms with Gasteiger partial charge in [-0.25, -0.2) is 4.79 Å². The highest BCUT2D eigenvalue weighted by Crippen LogP contribution is 2.24. The Kier molecular flexibility index (Phi) is 5.75. The molecule has 0 aromatic rings. The van der Waals surface area contributed by atoms with Crippen LogP contribution in [0.4, 0.5) is 0 Å². The lowest BCUT2D eigenvalue weighted by atomic mass is 9.88. The van der Waals surface area contributed by atoms with E-state index in [4.69, 9.17) is 19.3 Å². The smallest absolute Gasteiger partial charge is 0.333 e. The topological polar surface area (TPSA) is 90.6 Å². The molecule has 1 aliphatic rings. The van der Waals surface area contributed by atoms with Gasteiger partial charge in [-0.05, 0) is 32.3 Å². The van der Waals surface area contributed by atoms with E-state index >= 15 is 0 Å². The maximum Gasteiger partial charge on any atom is 0.333 e. The van der Waals surface area contributed by atoms with E-state index in [9.17, 15) is 9.59 Å². The van der Waals surface area contributed by atoms with Gasteiger partial charge in [-0.3, -0.25) is 4.79 Å². The number of carbonyl (C=O) groups excluding carboxylic acids is 2. The zero-order valence-electron chi connectivity index (χ0n) is 16.4. The number of amides is 1. The Morgan fingerprint density at radius 2 is 2.14 bits per heavy atom. The minimum absolute atomic E-state index is 0.0952. The van der Waals surface area contributed by atoms with Crippen molar-refractivity contribution in [2.75, 3.05) is 6.61 Å². The Bertz CT molecular complexity index is 504. The third-order valence-corrected chi connectivity index (χ3v) is 3.73. The maximum atomic E-state index is 12.0. The minimum Gasteiger partial charge on any atom is -0.463 e. The van der Waals surface area contributed by atoms with Crippen LogP contribution in [0.3, 0.4) is 0 Å². The SMILES string of the molecule is [2H]C([2H])([2H])C(=O)N[C@H]1C(OC(CC)CC)C=C(C(=O)OCC)C[C@@H]1N. The van der Waals surface area contributed by atoms with Crippen molar-refractivity contribution in [2.24, 2.45) is 5.73 Å². The summed E-state index contributed by atoms with van der Waals surface area (Å²) in [5.74, 6) is -1.56. The largest absolute Gasteiger partial charge is 0.463 e. The van der Waals surface area contributed by atoms with Crippen molar-refractivity contribution in [1.82, 2.24) is 5.32 Å². The first kappa shape index (κ1) is 14.2. The van der Waals surface area contributed by atoms with Crippen LogP contribution in [0.25, 0.3) is 0 Å². The molecule has 6 nitrogen and oxygen atoms in total. The van der Waals surface area contributed by atoms with Crippen molar-refractivity contribution in [3.05, 3.63) is 11.6 Å². The van der Waals surface area contributed by atoms with Gasteiger partial charge < -0.3 is 20.5 Å². The summed E-state index contributed by atoms with van der Waals surface area (Å²) in [6.07, 6.45) is 2.45. The Labute approximate surface area is 136 Å². The quantitative estimate of drug-likeness (QED) is 0.691. The molecule has 6 heteroatoms. The normalized spacial score (nSPS) is 27.4. The molecule has 3 atom stereocenters. The number of nitrogens with two attached hydrogens (primary N) is 1. The van der Waals surface area contributed by atoms with Gasteiger partial charge in [0.05, 0.1) is 24.9 Å². The molecule has 0 heterocycles. The summed E-state index contributed by atoms with van der Waals surface area (Å²) in [4.78, 5) is 23.9. The first-order valence-electron chi connectivity index (χ1n) is 9.23. The molecule has 0 aromatic heterocycles. The summed E-state index contributed by atoms with van der Waals surface area (Å²) in [6, 6.07) is -1.39. The van der Waals surface area contributed by atoms with Crippen LogP contribution in [0.5, 0.6) is 0 Å². The molecule has 0 bridgehead atoms. The van der Waals surface area contributed by atoms with Gasteiger partial charge in [0.25, 0.3) is 0 Å². The fraction of sp³-hybridized carbons (Fsp3) is 0.750. The predicted octanol–water partition coefficient (Wildman–Crippen LogP) is 1.29. The first-order chi connectivity index (χ1) is 11.6. The van der Waals surface area contributed by atoms with Crippen molar-refractivity contribution in [2.45, 2.75) is 71.2 Å². The molecule has 0 aliphatic heterocycles. The monoisotopic (exact) mass is 315 g/mol. The zero-order valence-corrected chi connectivity index (χ0v) is 13.4. The fourth-order valence-corrected chi connectivity index (χ4v) is 2.54. The van der Waals surface area contributed by atoms with Gasteiger partial charge in [-0.15, -0.1) is 0 Å². The summed E-state index contributed by atoms with van der Waals surface area (Å²) < 4.78 is 32.6. The lowest BCUT2D eigenvalue weighted by molar-refractivity contribution is -0.139. The lowest BCUT2D eigenvalue weighted by Gasteiger charge is -2.36. The molecular weight excluding hydrogens is 284 g/mol. The number of carbonyl (C=O) groups is 2. The van der Waals surface area contributed by atoms with E-state index in [2.05, 4.69) is 5.32 Å². The summed E-state index contributed by atoms with van der Waals surface area (Å²) in [6.45, 7) is 3.09. The predicted molar refractivity (Wildman–Crippen MR) is 84.2 cm³/mol. The van der Waals surface area contributed by atoms with Gasteiger partial charge in [-0.2, -0.15) is 0 Å². The number of hydrogen-bond acceptors (Lipinski definition) is 5. The Hall–Kier alpha value is -1.40. The average Bonchev–Trinajstić information content (AvgIpc) is 2.54. The van der Waals surface area contributed by atoms with E-state index in [1.807, 2.05) is 13.8 Å². The number of esters is 1. The molecule has 3 N–H and O–H groups in total. The molecule has 1 amide bonds. The van der Waals surface area contributed by atoms with Gasteiger partial charge in [0.1, 0.15) is 0 Å². The van der Waals surface area contributed by atoms with Crippen molar-refractivity contribution in [1.29, 1.82) is 0 Å². The maximum absolute atomic E-state index is 12.0. The van der Waals surface area contributed by atoms with Crippen LogP contribution in [0, 0.1) is 0 Å². The van der Waals surface area contributed by atoms with Gasteiger partial charge in [0.2, 0.25) is 5.91 Å². The number of ether oxygens (including phenoxy) is 2. The summed E-state index contributed by atoms with van der Waals surface area (Å²) in [7, 11) is 0. The van der Waals surface area contributed by atoms with E-state index in [0.717, 1.165) is 12.8 Å². The summed E-state index contributed by atoms with van der Waals surface area (Å²) in [5, 5.41) is 2.46. The molecule has 0 saturated carbocycles. The van der Waals surface area contributed by atoms with Gasteiger partial charge in [0, 0.05) is 22.6 Å². The van der Waals surface area contributed by atoms with Crippen molar-refractivity contribution in [3.8, 4) is 0 Å². The van der Waals surface area contributed by atoms with Gasteiger partial charge >= 0.3 is 5.97 Å². The second-order valence-corrected chi connectivity index (χ2v) is 5.32. The van der Waals surface area contributed by atoms with Crippen LogP contribution in [0.15, 0.2) is 11.6 Å². The molecule has 0 radical (unpaired) electrons. The number of hydrogen-bond donors (Lipinski definition) is 2. The molecule has 0 spiro atoms. The Morgan fingerprint density at radius 3 is 2.68 bits per heavy atom. The van der Waals surface area contributed by atoms with E-state index < -0.39 is 36.9 Å². The lowest BCUT2D eigenvalue weighted by Crippen LogP contribution is -2.57. The Balaban J connectivity index is 3.07. The Morgan fingerprint density at radius 1 is 1.45 bits per heavy atom. The van der Waals surface area contributed by atoms with Gasteiger partial charge in [0.15, 0.2) is 0 Å². The van der Waals surface area contributed by atoms with E-state index in [1.54, 1.807) is 13.0 Å². The highest BCUT2D eigenvalue weighted by Gasteiger charge is 2.35. The number of rotatable bonds is 7. The van der Waals surface area contributed by atoms with Crippen LogP contribution < -0.4 is 11.1 Å². The second-order valence-electron chi connectivity index (χ2n) is 5.32. The average molecular weight is 315 g/mol. The van der Waals surface area contributed by atoms with Crippen LogP contribution in [0.1, 0.15) is 51.0 Å². The fourth-order valence-electron chi connectivity index (χ4n) is 2.54. The second kappa shape index (κ2) is 8.90. The van der Waals surface area contributed by atoms with Crippen molar-refractivity contribution >= 4 is 11.9 Å². The third-order valence-electron chi connectivity index (χ3n) is 3.73. The van der Waals surface area contributed by atoms with Crippen LogP contribution in [0.2, 0.25) is 0 Å². The molecule has 0 saturated heterocycles. The van der Waals surface area contributed by atoms with Crippen LogP contribution in [-0.4, -0.2) is 42.8 Å². The third kappa shape index (κ3) is 5.10. The minimum atomic E-state index is -2.77. The number of nitrogens with one attached hydrogen (secondary N) is 1. The standard InChI is InChI=1S/C16H28N2O4/c1-5-12(6-2)22-14-9-11(16(20)21-7-3)8-13(17)15(14)18-10(4)19/h9,12-15H,5-8,17H2,1-4H3,(H,18,19)/t13-,14?,15+/m0/s1/i4D3. The molecule has 1 aliphatic carbocycles. The van der Waals surface area contributed by atoms with Crippen molar-refractivity contribution in [3.63, 3.8) is 0 Å². The molecule has 1 unspecified atom stereocenters. The highest BCUT2D eigenvalue weighted by molar-refractivity contribution is 5.89. The molecule has 22 heavy (non-hydrogen) atoms.